The summed E-state index contributed by atoms with van der Waals surface area (Å²) in [6, 6.07) is 14.0. The fourth-order valence-electron chi connectivity index (χ4n) is 3.46. The number of nitrogens with one attached hydrogen (secondary N) is 1. The molecule has 0 radical (unpaired) electrons. The Morgan fingerprint density at radius 3 is 2.75 bits per heavy atom. The van der Waals surface area contributed by atoms with Crippen LogP contribution in [0.3, 0.4) is 0 Å². The number of carbonyl (C=O) groups is 1. The molecule has 1 saturated heterocycles. The number of anilines is 1. The van der Waals surface area contributed by atoms with Crippen molar-refractivity contribution in [2.24, 2.45) is 0 Å². The zero-order valence-corrected chi connectivity index (χ0v) is 19.1. The number of fused-ring (bicyclic) bond motifs is 1. The second-order valence-electron chi connectivity index (χ2n) is 7.16. The van der Waals surface area contributed by atoms with E-state index in [1.54, 1.807) is 18.2 Å². The number of benzene rings is 2. The van der Waals surface area contributed by atoms with Crippen LogP contribution < -0.4 is 5.32 Å². The monoisotopic (exact) mass is 472 g/mol. The Morgan fingerprint density at radius 2 is 1.97 bits per heavy atom. The number of aromatic nitrogens is 2. The number of thioether (sulfide) groups is 1. The zero-order chi connectivity index (χ0) is 22.6. The molecule has 1 N–H and O–H groups in total. The van der Waals surface area contributed by atoms with Gasteiger partial charge in [0.2, 0.25) is 15.9 Å². The Hall–Kier alpha value is -2.66. The van der Waals surface area contributed by atoms with Gasteiger partial charge in [0.25, 0.3) is 0 Å². The number of hydrogen-bond donors (Lipinski definition) is 1. The molecule has 1 amide bonds. The second-order valence-corrected chi connectivity index (χ2v) is 10.1. The number of morpholine rings is 1. The van der Waals surface area contributed by atoms with Crippen LogP contribution in [0.1, 0.15) is 0 Å². The maximum atomic E-state index is 12.9. The van der Waals surface area contributed by atoms with Gasteiger partial charge in [-0.1, -0.05) is 36.0 Å². The molecular formula is C22H24N4O4S2. The summed E-state index contributed by atoms with van der Waals surface area (Å²) in [5.41, 5.74) is 2.09. The normalized spacial score (nSPS) is 15.0. The third kappa shape index (κ3) is 4.88. The van der Waals surface area contributed by atoms with Gasteiger partial charge in [0, 0.05) is 24.5 Å². The number of nitrogens with zero attached hydrogens (tertiary/aromatic N) is 3. The lowest BCUT2D eigenvalue weighted by atomic mass is 10.3. The van der Waals surface area contributed by atoms with Crippen molar-refractivity contribution < 1.29 is 17.9 Å². The Balaban J connectivity index is 1.53. The lowest BCUT2D eigenvalue weighted by Crippen LogP contribution is -2.40. The highest BCUT2D eigenvalue weighted by atomic mass is 32.2. The lowest BCUT2D eigenvalue weighted by Gasteiger charge is -2.26. The Kier molecular flexibility index (Phi) is 6.95. The molecule has 32 heavy (non-hydrogen) atoms. The topological polar surface area (TPSA) is 93.5 Å². The van der Waals surface area contributed by atoms with Gasteiger partial charge in [-0.25, -0.2) is 13.4 Å². The maximum Gasteiger partial charge on any atom is 0.244 e. The van der Waals surface area contributed by atoms with Gasteiger partial charge in [-0.15, -0.1) is 6.58 Å². The lowest BCUT2D eigenvalue weighted by molar-refractivity contribution is -0.116. The first-order valence-corrected chi connectivity index (χ1v) is 12.6. The van der Waals surface area contributed by atoms with Crippen LogP contribution in [0.15, 0.2) is 71.2 Å². The van der Waals surface area contributed by atoms with Crippen LogP contribution in [-0.2, 0) is 26.1 Å². The first-order chi connectivity index (χ1) is 15.5. The first-order valence-electron chi connectivity index (χ1n) is 10.2. The van der Waals surface area contributed by atoms with Crippen LogP contribution in [0, 0.1) is 0 Å². The van der Waals surface area contributed by atoms with E-state index in [-0.39, 0.29) is 17.3 Å². The summed E-state index contributed by atoms with van der Waals surface area (Å²) in [5, 5.41) is 3.55. The number of hydrogen-bond acceptors (Lipinski definition) is 6. The predicted octanol–water partition coefficient (Wildman–Crippen LogP) is 2.97. The fourth-order valence-corrected chi connectivity index (χ4v) is 5.67. The van der Waals surface area contributed by atoms with E-state index in [0.717, 1.165) is 16.2 Å². The summed E-state index contributed by atoms with van der Waals surface area (Å²) in [6.45, 7) is 5.18. The number of amides is 1. The molecule has 1 aliphatic rings. The minimum Gasteiger partial charge on any atom is -0.379 e. The van der Waals surface area contributed by atoms with Crippen molar-refractivity contribution in [3.63, 3.8) is 0 Å². The number of carbonyl (C=O) groups excluding carboxylic acids is 1. The summed E-state index contributed by atoms with van der Waals surface area (Å²) in [5.74, 6) is 0.404. The van der Waals surface area contributed by atoms with Crippen molar-refractivity contribution in [1.82, 2.24) is 13.9 Å². The average molecular weight is 473 g/mol. The van der Waals surface area contributed by atoms with Crippen LogP contribution in [0.4, 0.5) is 5.69 Å². The van der Waals surface area contributed by atoms with Crippen LogP contribution in [-0.4, -0.2) is 60.2 Å². The van der Waals surface area contributed by atoms with Crippen LogP contribution in [0.25, 0.3) is 11.0 Å². The SMILES string of the molecule is C=CCSc1nc2ccccc2n1CC(=O)Nc1cccc(S(=O)(=O)N2CCOCC2)c1. The molecular weight excluding hydrogens is 448 g/mol. The first kappa shape index (κ1) is 22.5. The molecule has 0 unspecified atom stereocenters. The quantitative estimate of drug-likeness (QED) is 0.400. The van der Waals surface area contributed by atoms with Crippen molar-refractivity contribution in [2.45, 2.75) is 16.6 Å². The van der Waals surface area contributed by atoms with Gasteiger partial charge in [0.05, 0.1) is 29.1 Å². The van der Waals surface area contributed by atoms with Crippen LogP contribution >= 0.6 is 11.8 Å². The number of ether oxygens (including phenoxy) is 1. The Labute approximate surface area is 191 Å². The predicted molar refractivity (Wildman–Crippen MR) is 125 cm³/mol. The number of imidazole rings is 1. The summed E-state index contributed by atoms with van der Waals surface area (Å²) >= 11 is 1.50. The Bertz CT molecular complexity index is 1230. The largest absolute Gasteiger partial charge is 0.379 e. The molecule has 4 rings (SSSR count). The molecule has 0 aliphatic carbocycles. The van der Waals surface area contributed by atoms with E-state index in [0.29, 0.717) is 37.7 Å². The van der Waals surface area contributed by atoms with Crippen LogP contribution in [0.5, 0.6) is 0 Å². The zero-order valence-electron chi connectivity index (χ0n) is 17.4. The van der Waals surface area contributed by atoms with E-state index in [1.165, 1.54) is 28.2 Å². The molecule has 168 valence electrons. The third-order valence-electron chi connectivity index (χ3n) is 4.98. The van der Waals surface area contributed by atoms with Crippen LogP contribution in [0.2, 0.25) is 0 Å². The van der Waals surface area contributed by atoms with E-state index >= 15 is 0 Å². The Morgan fingerprint density at radius 1 is 1.19 bits per heavy atom. The minimum atomic E-state index is -3.64. The van der Waals surface area contributed by atoms with Gasteiger partial charge in [-0.3, -0.25) is 4.79 Å². The molecule has 0 saturated carbocycles. The molecule has 2 aromatic carbocycles. The molecule has 8 nitrogen and oxygen atoms in total. The molecule has 1 aliphatic heterocycles. The van der Waals surface area contributed by atoms with Gasteiger partial charge >= 0.3 is 0 Å². The third-order valence-corrected chi connectivity index (χ3v) is 7.84. The van der Waals surface area contributed by atoms with Crippen molar-refractivity contribution in [3.8, 4) is 0 Å². The molecule has 0 spiro atoms. The highest BCUT2D eigenvalue weighted by Gasteiger charge is 2.26. The molecule has 1 aromatic heterocycles. The number of para-hydroxylation sites is 2. The molecule has 0 bridgehead atoms. The van der Waals surface area contributed by atoms with Gasteiger partial charge in [0.15, 0.2) is 5.16 Å². The summed E-state index contributed by atoms with van der Waals surface area (Å²) in [6.07, 6.45) is 1.79. The standard InChI is InChI=1S/C22H24N4O4S2/c1-2-14-31-22-24-19-8-3-4-9-20(19)26(22)16-21(27)23-17-6-5-7-18(15-17)32(28,29)25-10-12-30-13-11-25/h2-9,15H,1,10-14,16H2,(H,23,27). The smallest absolute Gasteiger partial charge is 0.244 e. The maximum absolute atomic E-state index is 12.9. The molecule has 2 heterocycles. The van der Waals surface area contributed by atoms with Gasteiger partial charge in [0.1, 0.15) is 6.54 Å². The van der Waals surface area contributed by atoms with Crippen molar-refractivity contribution in [1.29, 1.82) is 0 Å². The van der Waals surface area contributed by atoms with Crippen molar-refractivity contribution >= 4 is 44.4 Å². The number of rotatable bonds is 8. The van der Waals surface area contributed by atoms with E-state index < -0.39 is 10.0 Å². The number of sulfonamides is 1. The van der Waals surface area contributed by atoms with E-state index in [2.05, 4.69) is 16.9 Å². The van der Waals surface area contributed by atoms with Gasteiger partial charge in [-0.2, -0.15) is 4.31 Å². The minimum absolute atomic E-state index is 0.0560. The van der Waals surface area contributed by atoms with Gasteiger partial charge in [-0.05, 0) is 30.3 Å². The second kappa shape index (κ2) is 9.86. The van der Waals surface area contributed by atoms with Crippen molar-refractivity contribution in [2.75, 3.05) is 37.4 Å². The highest BCUT2D eigenvalue weighted by Crippen LogP contribution is 2.25. The average Bonchev–Trinajstić information content (AvgIpc) is 3.15. The summed E-state index contributed by atoms with van der Waals surface area (Å²) in [7, 11) is -3.64. The fraction of sp³-hybridized carbons (Fsp3) is 0.273. The van der Waals surface area contributed by atoms with E-state index in [4.69, 9.17) is 4.74 Å². The van der Waals surface area contributed by atoms with E-state index in [1.807, 2.05) is 28.8 Å². The van der Waals surface area contributed by atoms with Crippen molar-refractivity contribution in [3.05, 3.63) is 61.2 Å². The molecule has 1 fully saturated rings. The highest BCUT2D eigenvalue weighted by molar-refractivity contribution is 7.99. The summed E-state index contributed by atoms with van der Waals surface area (Å²) in [4.78, 5) is 17.6. The molecule has 3 aromatic rings. The summed E-state index contributed by atoms with van der Waals surface area (Å²) < 4.78 is 34.3. The molecule has 0 atom stereocenters. The van der Waals surface area contributed by atoms with Gasteiger partial charge < -0.3 is 14.6 Å². The molecule has 10 heteroatoms. The van der Waals surface area contributed by atoms with E-state index in [9.17, 15) is 13.2 Å².